The smallest absolute Gasteiger partial charge is 0.169 e. The van der Waals surface area contributed by atoms with Crippen LogP contribution in [0.1, 0.15) is 50.9 Å². The molecule has 1 aliphatic carbocycles. The van der Waals surface area contributed by atoms with Crippen LogP contribution in [-0.4, -0.2) is 10.9 Å². The van der Waals surface area contributed by atoms with E-state index in [1.165, 1.54) is 0 Å². The minimum atomic E-state index is -1.73. The quantitative estimate of drug-likeness (QED) is 0.183. The number of benzene rings is 5. The Morgan fingerprint density at radius 1 is 0.644 bits per heavy atom. The molecule has 6 rings (SSSR count). The third-order valence-electron chi connectivity index (χ3n) is 9.10. The maximum Gasteiger partial charge on any atom is 0.169 e. The summed E-state index contributed by atoms with van der Waals surface area (Å²) in [5.74, 6) is -2.82. The lowest BCUT2D eigenvalue weighted by Crippen LogP contribution is -2.58. The molecule has 0 amide bonds. The molecule has 5 atom stereocenters. The Kier molecular flexibility index (Phi) is 8.81. The number of hydrogen-bond acceptors (Lipinski definition) is 3. The first-order chi connectivity index (χ1) is 21.7. The number of carbonyl (C=O) groups excluding carboxylic acids is 1. The predicted molar refractivity (Wildman–Crippen MR) is 181 cm³/mol. The average Bonchev–Trinajstić information content (AvgIpc) is 3.06. The molecule has 1 fully saturated rings. The van der Waals surface area contributed by atoms with E-state index in [1.807, 2.05) is 54.6 Å². The predicted octanol–water partition coefficient (Wildman–Crippen LogP) is 10.4. The summed E-state index contributed by atoms with van der Waals surface area (Å²) >= 11 is 25.2. The second-order valence-corrected chi connectivity index (χ2v) is 13.2. The van der Waals surface area contributed by atoms with E-state index >= 15 is 0 Å². The fourth-order valence-corrected chi connectivity index (χ4v) is 7.56. The molecule has 0 bridgehead atoms. The average molecular weight is 671 g/mol. The van der Waals surface area contributed by atoms with Crippen LogP contribution in [0.15, 0.2) is 127 Å². The molecule has 45 heavy (non-hydrogen) atoms. The van der Waals surface area contributed by atoms with Crippen LogP contribution >= 0.6 is 46.4 Å². The van der Waals surface area contributed by atoms with Crippen molar-refractivity contribution in [2.24, 2.45) is 5.92 Å². The summed E-state index contributed by atoms with van der Waals surface area (Å²) in [6.45, 7) is 0. The molecule has 3 nitrogen and oxygen atoms in total. The first-order valence-corrected chi connectivity index (χ1v) is 15.9. The molecule has 0 spiro atoms. The lowest BCUT2D eigenvalue weighted by atomic mass is 9.46. The molecule has 0 saturated heterocycles. The van der Waals surface area contributed by atoms with Crippen LogP contribution in [0.3, 0.4) is 0 Å². The first-order valence-electron chi connectivity index (χ1n) is 14.4. The Labute approximate surface area is 282 Å². The fraction of sp³-hybridized carbons (Fsp3) is 0.158. The van der Waals surface area contributed by atoms with Gasteiger partial charge in [-0.25, -0.2) is 0 Å². The fourth-order valence-electron chi connectivity index (χ4n) is 7.06. The molecular formula is C38H27Cl4NO2. The summed E-state index contributed by atoms with van der Waals surface area (Å²) in [7, 11) is 0. The molecule has 0 aromatic heterocycles. The van der Waals surface area contributed by atoms with Gasteiger partial charge >= 0.3 is 0 Å². The molecule has 0 heterocycles. The molecule has 0 aliphatic heterocycles. The minimum Gasteiger partial charge on any atom is -0.384 e. The van der Waals surface area contributed by atoms with Gasteiger partial charge in [-0.15, -0.1) is 0 Å². The first kappa shape index (κ1) is 31.4. The Bertz CT molecular complexity index is 1850. The molecule has 224 valence electrons. The zero-order valence-corrected chi connectivity index (χ0v) is 26.9. The van der Waals surface area contributed by atoms with Crippen molar-refractivity contribution in [3.8, 4) is 6.07 Å². The highest BCUT2D eigenvalue weighted by Crippen LogP contribution is 2.64. The zero-order chi connectivity index (χ0) is 31.8. The lowest BCUT2D eigenvalue weighted by Gasteiger charge is -2.56. The lowest BCUT2D eigenvalue weighted by molar-refractivity contribution is -0.0738. The van der Waals surface area contributed by atoms with E-state index in [0.717, 1.165) is 11.1 Å². The molecular weight excluding hydrogens is 644 g/mol. The van der Waals surface area contributed by atoms with Crippen LogP contribution in [0.2, 0.25) is 20.1 Å². The molecule has 7 heteroatoms. The van der Waals surface area contributed by atoms with E-state index in [0.29, 0.717) is 36.8 Å². The number of Topliss-reactive ketones (excluding diaryl/α,β-unsaturated/α-hetero) is 1. The summed E-state index contributed by atoms with van der Waals surface area (Å²) in [5.41, 5.74) is 0.104. The summed E-state index contributed by atoms with van der Waals surface area (Å²) < 4.78 is 0. The molecule has 5 aromatic rings. The molecule has 1 N–H and O–H groups in total. The number of ketones is 1. The van der Waals surface area contributed by atoms with Gasteiger partial charge in [0.1, 0.15) is 5.60 Å². The number of aliphatic hydroxyl groups is 1. The summed E-state index contributed by atoms with van der Waals surface area (Å²) in [6.07, 6.45) is 0.0623. The van der Waals surface area contributed by atoms with Gasteiger partial charge in [0.25, 0.3) is 0 Å². The van der Waals surface area contributed by atoms with Gasteiger partial charge < -0.3 is 5.11 Å². The number of halogens is 4. The van der Waals surface area contributed by atoms with Crippen molar-refractivity contribution < 1.29 is 9.90 Å². The number of nitrogens with zero attached hydrogens (tertiary/aromatic N) is 1. The Morgan fingerprint density at radius 2 is 1.11 bits per heavy atom. The van der Waals surface area contributed by atoms with Crippen LogP contribution in [0.5, 0.6) is 0 Å². The topological polar surface area (TPSA) is 61.1 Å². The van der Waals surface area contributed by atoms with Gasteiger partial charge in [0.15, 0.2) is 5.78 Å². The highest BCUT2D eigenvalue weighted by molar-refractivity contribution is 6.31. The largest absolute Gasteiger partial charge is 0.384 e. The maximum atomic E-state index is 15.0. The Morgan fingerprint density at radius 3 is 1.62 bits per heavy atom. The van der Waals surface area contributed by atoms with Crippen molar-refractivity contribution >= 4 is 52.2 Å². The number of carbonyl (C=O) groups is 1. The van der Waals surface area contributed by atoms with Crippen LogP contribution in [0.25, 0.3) is 0 Å². The molecule has 1 saturated carbocycles. The van der Waals surface area contributed by atoms with Crippen molar-refractivity contribution in [1.82, 2.24) is 0 Å². The van der Waals surface area contributed by atoms with Crippen molar-refractivity contribution in [3.05, 3.63) is 175 Å². The molecule has 5 aromatic carbocycles. The van der Waals surface area contributed by atoms with E-state index in [-0.39, 0.29) is 12.2 Å². The zero-order valence-electron chi connectivity index (χ0n) is 23.9. The van der Waals surface area contributed by atoms with Gasteiger partial charge in [0, 0.05) is 37.5 Å². The standard InChI is InChI=1S/C38H27Cl4NO2/c39-29-14-6-24(7-15-29)33-22-38(45,28-12-20-32(42)21-13-28)35(36(44)26-10-18-31(41)19-11-26)34(25-8-16-30(40)17-9-25)37(33,23-43)27-4-2-1-3-5-27/h1-21,33-35,45H,22H2. The normalized spacial score (nSPS) is 24.5. The van der Waals surface area contributed by atoms with Gasteiger partial charge in [-0.05, 0) is 89.3 Å². The van der Waals surface area contributed by atoms with E-state index in [2.05, 4.69) is 6.07 Å². The summed E-state index contributed by atoms with van der Waals surface area (Å²) in [6, 6.07) is 40.3. The highest BCUT2D eigenvalue weighted by atomic mass is 35.5. The third kappa shape index (κ3) is 5.67. The number of rotatable bonds is 6. The van der Waals surface area contributed by atoms with Crippen molar-refractivity contribution in [3.63, 3.8) is 0 Å². The van der Waals surface area contributed by atoms with Crippen molar-refractivity contribution in [1.29, 1.82) is 5.26 Å². The van der Waals surface area contributed by atoms with Gasteiger partial charge in [-0.2, -0.15) is 5.26 Å². The van der Waals surface area contributed by atoms with E-state index < -0.39 is 28.8 Å². The second kappa shape index (κ2) is 12.6. The maximum absolute atomic E-state index is 15.0. The van der Waals surface area contributed by atoms with Gasteiger partial charge in [0.2, 0.25) is 0 Å². The van der Waals surface area contributed by atoms with Crippen molar-refractivity contribution in [2.75, 3.05) is 0 Å². The monoisotopic (exact) mass is 669 g/mol. The summed E-state index contributed by atoms with van der Waals surface area (Å²) in [5, 5.41) is 26.7. The number of hydrogen-bond donors (Lipinski definition) is 1. The van der Waals surface area contributed by atoms with Gasteiger partial charge in [0.05, 0.1) is 17.4 Å². The third-order valence-corrected chi connectivity index (χ3v) is 10.1. The van der Waals surface area contributed by atoms with E-state index in [1.54, 1.807) is 72.8 Å². The highest BCUT2D eigenvalue weighted by Gasteiger charge is 2.64. The van der Waals surface area contributed by atoms with Crippen LogP contribution < -0.4 is 0 Å². The Hall–Kier alpha value is -3.62. The number of nitriles is 1. The van der Waals surface area contributed by atoms with Gasteiger partial charge in [-0.3, -0.25) is 4.79 Å². The van der Waals surface area contributed by atoms with Crippen LogP contribution in [0.4, 0.5) is 0 Å². The van der Waals surface area contributed by atoms with Gasteiger partial charge in [-0.1, -0.05) is 113 Å². The molecule has 5 unspecified atom stereocenters. The summed E-state index contributed by atoms with van der Waals surface area (Å²) in [4.78, 5) is 15.0. The van der Waals surface area contributed by atoms with Crippen LogP contribution in [-0.2, 0) is 11.0 Å². The van der Waals surface area contributed by atoms with Crippen molar-refractivity contribution in [2.45, 2.75) is 29.3 Å². The molecule has 1 aliphatic rings. The SMILES string of the molecule is N#CC1(c2ccccc2)C(c2ccc(Cl)cc2)CC(O)(c2ccc(Cl)cc2)C(C(=O)c2ccc(Cl)cc2)C1c1ccc(Cl)cc1. The van der Waals surface area contributed by atoms with Crippen LogP contribution in [0, 0.1) is 17.2 Å². The van der Waals surface area contributed by atoms with E-state index in [9.17, 15) is 15.2 Å². The second-order valence-electron chi connectivity index (χ2n) is 11.5. The molecule has 0 radical (unpaired) electrons. The van der Waals surface area contributed by atoms with E-state index in [4.69, 9.17) is 46.4 Å². The minimum absolute atomic E-state index is 0.0623. The Balaban J connectivity index is 1.73.